The molecule has 0 radical (unpaired) electrons. The molecule has 0 atom stereocenters. The number of nitrogens with zero attached hydrogens (tertiary/aromatic N) is 2. The van der Waals surface area contributed by atoms with Crippen molar-refractivity contribution in [1.29, 1.82) is 0 Å². The second-order valence-electron chi connectivity index (χ2n) is 4.61. The van der Waals surface area contributed by atoms with Gasteiger partial charge in [-0.1, -0.05) is 6.08 Å². The van der Waals surface area contributed by atoms with E-state index in [0.29, 0.717) is 0 Å². The molecule has 0 spiro atoms. The van der Waals surface area contributed by atoms with Crippen molar-refractivity contribution in [3.8, 4) is 0 Å². The SMILES string of the molecule is COCCN(C)C1=CC(CN(C)C)=CCC1. The van der Waals surface area contributed by atoms with Crippen molar-refractivity contribution in [2.24, 2.45) is 0 Å². The molecule has 1 rings (SSSR count). The largest absolute Gasteiger partial charge is 0.383 e. The zero-order valence-corrected chi connectivity index (χ0v) is 11.0. The molecule has 0 saturated heterocycles. The van der Waals surface area contributed by atoms with E-state index in [9.17, 15) is 0 Å². The molecule has 0 bridgehead atoms. The molecular weight excluding hydrogens is 200 g/mol. The first kappa shape index (κ1) is 13.3. The minimum absolute atomic E-state index is 0.792. The van der Waals surface area contributed by atoms with Gasteiger partial charge in [-0.3, -0.25) is 0 Å². The average Bonchev–Trinajstić information content (AvgIpc) is 2.25. The molecule has 0 amide bonds. The van der Waals surface area contributed by atoms with Gasteiger partial charge in [0, 0.05) is 32.9 Å². The fourth-order valence-electron chi connectivity index (χ4n) is 1.90. The number of likely N-dealkylation sites (N-methyl/N-ethyl adjacent to an activating group) is 2. The van der Waals surface area contributed by atoms with E-state index in [4.69, 9.17) is 4.74 Å². The molecule has 1 aliphatic rings. The van der Waals surface area contributed by atoms with Gasteiger partial charge in [0.05, 0.1) is 6.61 Å². The molecule has 0 fully saturated rings. The van der Waals surface area contributed by atoms with Crippen LogP contribution in [0.4, 0.5) is 0 Å². The molecule has 0 aromatic rings. The van der Waals surface area contributed by atoms with Gasteiger partial charge >= 0.3 is 0 Å². The molecule has 0 aliphatic heterocycles. The monoisotopic (exact) mass is 224 g/mol. The summed E-state index contributed by atoms with van der Waals surface area (Å²) in [5.74, 6) is 0. The number of hydrogen-bond acceptors (Lipinski definition) is 3. The van der Waals surface area contributed by atoms with Crippen molar-refractivity contribution < 1.29 is 4.74 Å². The Morgan fingerprint density at radius 3 is 2.69 bits per heavy atom. The van der Waals surface area contributed by atoms with Gasteiger partial charge in [-0.2, -0.15) is 0 Å². The summed E-state index contributed by atoms with van der Waals surface area (Å²) in [7, 11) is 8.11. The lowest BCUT2D eigenvalue weighted by atomic mass is 10.0. The van der Waals surface area contributed by atoms with Gasteiger partial charge in [0.15, 0.2) is 0 Å². The maximum absolute atomic E-state index is 5.10. The molecule has 0 heterocycles. The van der Waals surface area contributed by atoms with Gasteiger partial charge < -0.3 is 14.5 Å². The Morgan fingerprint density at radius 1 is 1.31 bits per heavy atom. The molecule has 3 heteroatoms. The van der Waals surface area contributed by atoms with Crippen LogP contribution in [0.2, 0.25) is 0 Å². The Hall–Kier alpha value is -0.800. The molecule has 0 saturated carbocycles. The molecule has 0 aromatic carbocycles. The topological polar surface area (TPSA) is 15.7 Å². The lowest BCUT2D eigenvalue weighted by molar-refractivity contribution is 0.172. The van der Waals surface area contributed by atoms with Gasteiger partial charge in [0.1, 0.15) is 0 Å². The highest BCUT2D eigenvalue weighted by Gasteiger charge is 2.09. The van der Waals surface area contributed by atoms with Crippen LogP contribution in [0.25, 0.3) is 0 Å². The highest BCUT2D eigenvalue weighted by Crippen LogP contribution is 2.19. The van der Waals surface area contributed by atoms with E-state index in [2.05, 4.69) is 43.1 Å². The van der Waals surface area contributed by atoms with E-state index in [1.807, 2.05) is 0 Å². The van der Waals surface area contributed by atoms with E-state index >= 15 is 0 Å². The van der Waals surface area contributed by atoms with Crippen LogP contribution in [0.15, 0.2) is 23.4 Å². The van der Waals surface area contributed by atoms with Crippen LogP contribution < -0.4 is 0 Å². The lowest BCUT2D eigenvalue weighted by Gasteiger charge is -2.25. The Kier molecular flexibility index (Phi) is 5.56. The van der Waals surface area contributed by atoms with Crippen molar-refractivity contribution in [3.05, 3.63) is 23.4 Å². The summed E-state index contributed by atoms with van der Waals surface area (Å²) >= 11 is 0. The molecule has 1 aliphatic carbocycles. The van der Waals surface area contributed by atoms with E-state index < -0.39 is 0 Å². The first-order valence-electron chi connectivity index (χ1n) is 5.88. The summed E-state index contributed by atoms with van der Waals surface area (Å²) in [6.07, 6.45) is 6.97. The van der Waals surface area contributed by atoms with Crippen molar-refractivity contribution in [3.63, 3.8) is 0 Å². The molecule has 0 N–H and O–H groups in total. The smallest absolute Gasteiger partial charge is 0.0637 e. The lowest BCUT2D eigenvalue weighted by Crippen LogP contribution is -2.24. The Labute approximate surface area is 99.4 Å². The van der Waals surface area contributed by atoms with Crippen molar-refractivity contribution in [2.75, 3.05) is 47.9 Å². The third-order valence-corrected chi connectivity index (χ3v) is 2.78. The fraction of sp³-hybridized carbons (Fsp3) is 0.692. The van der Waals surface area contributed by atoms with Crippen LogP contribution in [0.1, 0.15) is 12.8 Å². The number of allylic oxidation sites excluding steroid dienone is 2. The van der Waals surface area contributed by atoms with E-state index in [1.54, 1.807) is 7.11 Å². The summed E-state index contributed by atoms with van der Waals surface area (Å²) in [5.41, 5.74) is 2.85. The van der Waals surface area contributed by atoms with E-state index in [0.717, 1.165) is 32.5 Å². The summed E-state index contributed by atoms with van der Waals surface area (Å²) in [6, 6.07) is 0. The van der Waals surface area contributed by atoms with Gasteiger partial charge in [-0.25, -0.2) is 0 Å². The third kappa shape index (κ3) is 4.37. The highest BCUT2D eigenvalue weighted by atomic mass is 16.5. The molecule has 92 valence electrons. The summed E-state index contributed by atoms with van der Waals surface area (Å²) in [5, 5.41) is 0. The van der Waals surface area contributed by atoms with Crippen LogP contribution in [0, 0.1) is 0 Å². The summed E-state index contributed by atoms with van der Waals surface area (Å²) in [6.45, 7) is 2.79. The summed E-state index contributed by atoms with van der Waals surface area (Å²) in [4.78, 5) is 4.51. The zero-order chi connectivity index (χ0) is 12.0. The van der Waals surface area contributed by atoms with Crippen LogP contribution in [-0.2, 0) is 4.74 Å². The van der Waals surface area contributed by atoms with Gasteiger partial charge in [-0.05, 0) is 38.6 Å². The van der Waals surface area contributed by atoms with Gasteiger partial charge in [-0.15, -0.1) is 0 Å². The van der Waals surface area contributed by atoms with Gasteiger partial charge in [0.2, 0.25) is 0 Å². The maximum atomic E-state index is 5.10. The third-order valence-electron chi connectivity index (χ3n) is 2.78. The van der Waals surface area contributed by atoms with Crippen molar-refractivity contribution in [1.82, 2.24) is 9.80 Å². The highest BCUT2D eigenvalue weighted by molar-refractivity contribution is 5.28. The number of methoxy groups -OCH3 is 1. The van der Waals surface area contributed by atoms with Gasteiger partial charge in [0.25, 0.3) is 0 Å². The van der Waals surface area contributed by atoms with E-state index in [1.165, 1.54) is 11.3 Å². The number of rotatable bonds is 6. The number of ether oxygens (including phenoxy) is 1. The van der Waals surface area contributed by atoms with Crippen molar-refractivity contribution in [2.45, 2.75) is 12.8 Å². The fourth-order valence-corrected chi connectivity index (χ4v) is 1.90. The van der Waals surface area contributed by atoms with E-state index in [-0.39, 0.29) is 0 Å². The van der Waals surface area contributed by atoms with Crippen LogP contribution >= 0.6 is 0 Å². The predicted molar refractivity (Wildman–Crippen MR) is 68.5 cm³/mol. The Balaban J connectivity index is 2.53. The minimum Gasteiger partial charge on any atom is -0.383 e. The minimum atomic E-state index is 0.792. The molecule has 3 nitrogen and oxygen atoms in total. The zero-order valence-electron chi connectivity index (χ0n) is 11.0. The second kappa shape index (κ2) is 6.71. The predicted octanol–water partition coefficient (Wildman–Crippen LogP) is 1.73. The average molecular weight is 224 g/mol. The van der Waals surface area contributed by atoms with Crippen molar-refractivity contribution >= 4 is 0 Å². The Morgan fingerprint density at radius 2 is 2.06 bits per heavy atom. The normalized spacial score (nSPS) is 16.1. The first-order valence-corrected chi connectivity index (χ1v) is 5.88. The molecule has 0 aromatic heterocycles. The quantitative estimate of drug-likeness (QED) is 0.683. The Bertz CT molecular complexity index is 269. The maximum Gasteiger partial charge on any atom is 0.0637 e. The molecule has 0 unspecified atom stereocenters. The molecular formula is C13H24N2O. The molecule has 16 heavy (non-hydrogen) atoms. The standard InChI is InChI=1S/C13H24N2O/c1-14(2)11-12-6-5-7-13(10-12)15(3)8-9-16-4/h6,10H,5,7-9,11H2,1-4H3. The second-order valence-corrected chi connectivity index (χ2v) is 4.61. The first-order chi connectivity index (χ1) is 7.63. The number of hydrogen-bond donors (Lipinski definition) is 0. The van der Waals surface area contributed by atoms with Crippen LogP contribution in [-0.4, -0.2) is 57.7 Å². The summed E-state index contributed by atoms with van der Waals surface area (Å²) < 4.78 is 5.10. The van der Waals surface area contributed by atoms with Crippen LogP contribution in [0.3, 0.4) is 0 Å². The van der Waals surface area contributed by atoms with Crippen LogP contribution in [0.5, 0.6) is 0 Å².